The second-order valence-corrected chi connectivity index (χ2v) is 12.8. The number of aromatic hydroxyl groups is 1. The number of nitrogens with one attached hydrogen (secondary N) is 2. The number of aliphatic hydroxyl groups is 1. The smallest absolute Gasteiger partial charge is 0.243 e. The highest BCUT2D eigenvalue weighted by Crippen LogP contribution is 2.41. The lowest BCUT2D eigenvalue weighted by molar-refractivity contribution is -0.129. The number of phenolic OH excluding ortho intramolecular Hbond substituents is 1. The highest BCUT2D eigenvalue weighted by atomic mass is 19.1. The Hall–Kier alpha value is -5.60. The Morgan fingerprint density at radius 2 is 1.82 bits per heavy atom. The van der Waals surface area contributed by atoms with Gasteiger partial charge in [-0.15, -0.1) is 0 Å². The van der Waals surface area contributed by atoms with Gasteiger partial charge in [-0.05, 0) is 80.1 Å². The second-order valence-electron chi connectivity index (χ2n) is 12.8. The number of hydrogen-bond donors (Lipinski definition) is 5. The molecule has 5 N–H and O–H groups in total. The average Bonchev–Trinajstić information content (AvgIpc) is 3.12. The van der Waals surface area contributed by atoms with Crippen molar-refractivity contribution in [2.75, 3.05) is 24.6 Å². The van der Waals surface area contributed by atoms with Gasteiger partial charge in [0, 0.05) is 61.3 Å². The van der Waals surface area contributed by atoms with Crippen LogP contribution in [0, 0.1) is 28.5 Å². The third kappa shape index (κ3) is 8.70. The molecule has 50 heavy (non-hydrogen) atoms. The van der Waals surface area contributed by atoms with E-state index in [4.69, 9.17) is 14.9 Å². The molecular formula is C37H38FN7O5. The number of aromatic nitrogens is 2. The minimum atomic E-state index is -1.11. The number of halogens is 1. The maximum atomic E-state index is 15.0. The zero-order chi connectivity index (χ0) is 35.8. The first kappa shape index (κ1) is 35.7. The number of nitriles is 2. The largest absolute Gasteiger partial charge is 0.504 e. The summed E-state index contributed by atoms with van der Waals surface area (Å²) in [6.07, 6.45) is 5.49. The lowest BCUT2D eigenvalue weighted by Crippen LogP contribution is -2.43. The molecule has 1 amide bonds. The van der Waals surface area contributed by atoms with Gasteiger partial charge in [0.2, 0.25) is 5.91 Å². The third-order valence-electron chi connectivity index (χ3n) is 8.41. The second kappa shape index (κ2) is 15.7. The number of rotatable bonds is 12. The van der Waals surface area contributed by atoms with Gasteiger partial charge in [0.25, 0.3) is 0 Å². The Balaban J connectivity index is 1.36. The molecule has 0 spiro atoms. The van der Waals surface area contributed by atoms with Crippen LogP contribution in [0.4, 0.5) is 10.2 Å². The van der Waals surface area contributed by atoms with Crippen LogP contribution in [0.3, 0.4) is 0 Å². The molecule has 0 saturated carbocycles. The predicted molar refractivity (Wildman–Crippen MR) is 183 cm³/mol. The number of amides is 1. The van der Waals surface area contributed by atoms with Gasteiger partial charge in [-0.1, -0.05) is 18.2 Å². The van der Waals surface area contributed by atoms with Gasteiger partial charge in [0.1, 0.15) is 35.9 Å². The van der Waals surface area contributed by atoms with Gasteiger partial charge in [-0.25, -0.2) is 14.9 Å². The van der Waals surface area contributed by atoms with Crippen LogP contribution in [0.2, 0.25) is 0 Å². The summed E-state index contributed by atoms with van der Waals surface area (Å²) in [5, 5.41) is 52.9. The molecular weight excluding hydrogens is 641 g/mol. The Morgan fingerprint density at radius 1 is 1.06 bits per heavy atom. The van der Waals surface area contributed by atoms with Crippen molar-refractivity contribution in [3.05, 3.63) is 89.1 Å². The summed E-state index contributed by atoms with van der Waals surface area (Å²) in [6, 6.07) is 17.1. The number of anilines is 1. The highest BCUT2D eigenvalue weighted by Gasteiger charge is 2.26. The number of hydrogen-bond acceptors (Lipinski definition) is 11. The normalized spacial score (nSPS) is 13.4. The molecule has 5 rings (SSSR count). The highest BCUT2D eigenvalue weighted by molar-refractivity contribution is 5.90. The van der Waals surface area contributed by atoms with E-state index in [1.807, 2.05) is 23.1 Å². The lowest BCUT2D eigenvalue weighted by atomic mass is 9.91. The number of hydroxylamine groups is 1. The maximum absolute atomic E-state index is 15.0. The molecule has 0 aliphatic carbocycles. The van der Waals surface area contributed by atoms with Gasteiger partial charge in [-0.3, -0.25) is 15.0 Å². The Labute approximate surface area is 289 Å². The molecule has 258 valence electrons. The number of aryl methyl sites for hydroxylation is 1. The zero-order valence-corrected chi connectivity index (χ0v) is 27.8. The van der Waals surface area contributed by atoms with Gasteiger partial charge < -0.3 is 25.2 Å². The van der Waals surface area contributed by atoms with Crippen molar-refractivity contribution in [3.63, 3.8) is 0 Å². The fourth-order valence-electron chi connectivity index (χ4n) is 5.75. The number of carbonyl (C=O) groups excluding carboxylic acids is 1. The topological polar surface area (TPSA) is 188 Å². The fourth-order valence-corrected chi connectivity index (χ4v) is 5.75. The minimum Gasteiger partial charge on any atom is -0.504 e. The molecule has 0 atom stereocenters. The first-order valence-electron chi connectivity index (χ1n) is 16.2. The molecule has 1 fully saturated rings. The van der Waals surface area contributed by atoms with E-state index in [-0.39, 0.29) is 41.7 Å². The third-order valence-corrected chi connectivity index (χ3v) is 8.41. The molecule has 1 saturated heterocycles. The summed E-state index contributed by atoms with van der Waals surface area (Å²) >= 11 is 0. The number of nitrogens with zero attached hydrogens (tertiary/aromatic N) is 5. The summed E-state index contributed by atoms with van der Waals surface area (Å²) in [7, 11) is 0. The average molecular weight is 680 g/mol. The van der Waals surface area contributed by atoms with Crippen LogP contribution in [0.5, 0.6) is 11.5 Å². The van der Waals surface area contributed by atoms with Crippen LogP contribution in [0.25, 0.3) is 22.3 Å². The van der Waals surface area contributed by atoms with Crippen molar-refractivity contribution in [3.8, 4) is 45.9 Å². The quantitative estimate of drug-likeness (QED) is 0.103. The van der Waals surface area contributed by atoms with E-state index in [0.717, 1.165) is 24.1 Å². The van der Waals surface area contributed by atoms with Crippen molar-refractivity contribution in [1.29, 1.82) is 10.5 Å². The van der Waals surface area contributed by atoms with Crippen LogP contribution in [0.1, 0.15) is 55.5 Å². The maximum Gasteiger partial charge on any atom is 0.243 e. The van der Waals surface area contributed by atoms with E-state index in [1.165, 1.54) is 18.2 Å². The van der Waals surface area contributed by atoms with E-state index in [1.54, 1.807) is 49.9 Å². The predicted octanol–water partition coefficient (Wildman–Crippen LogP) is 4.74. The van der Waals surface area contributed by atoms with E-state index in [9.17, 15) is 29.9 Å². The number of pyridine rings is 2. The minimum absolute atomic E-state index is 0.0456. The van der Waals surface area contributed by atoms with Crippen LogP contribution in [-0.4, -0.2) is 62.6 Å². The summed E-state index contributed by atoms with van der Waals surface area (Å²) < 4.78 is 20.5. The van der Waals surface area contributed by atoms with Gasteiger partial charge in [-0.2, -0.15) is 10.5 Å². The summed E-state index contributed by atoms with van der Waals surface area (Å²) in [6.45, 7) is 4.95. The monoisotopic (exact) mass is 679 g/mol. The first-order valence-corrected chi connectivity index (χ1v) is 16.2. The molecule has 13 heteroatoms. The van der Waals surface area contributed by atoms with Crippen LogP contribution >= 0.6 is 0 Å². The molecule has 4 aromatic rings. The van der Waals surface area contributed by atoms with Crippen LogP contribution < -0.4 is 20.4 Å². The molecule has 12 nitrogen and oxygen atoms in total. The Bertz CT molecular complexity index is 1930. The standard InChI is InChI=1S/C37H38FN7O5/c1-37(2,48)22-50-33-9-6-24(16-32(33)46)30-21-43-36(29(18-40)35(30)25-4-5-26(17-39)31(38)15-25)45-13-11-28(12-14-45)42-20-23-3-7-27(41-19-23)8-10-34(47)44-49/h3-7,9,15-16,19,21,28,42,46,48-49H,8,10-14,20,22H2,1-2H3,(H,44,47). The zero-order valence-electron chi connectivity index (χ0n) is 27.8. The van der Waals surface area contributed by atoms with Crippen molar-refractivity contribution in [2.45, 2.75) is 57.7 Å². The molecule has 0 radical (unpaired) electrons. The molecule has 2 aromatic carbocycles. The number of carbonyl (C=O) groups is 1. The first-order chi connectivity index (χ1) is 24.0. The molecule has 0 bridgehead atoms. The molecule has 2 aromatic heterocycles. The summed E-state index contributed by atoms with van der Waals surface area (Å²) in [5.41, 5.74) is 4.15. The Kier molecular flexibility index (Phi) is 11.2. The Morgan fingerprint density at radius 3 is 2.44 bits per heavy atom. The van der Waals surface area contributed by atoms with Crippen molar-refractivity contribution < 1.29 is 29.3 Å². The number of ether oxygens (including phenoxy) is 1. The van der Waals surface area contributed by atoms with Crippen LogP contribution in [-0.2, 0) is 17.8 Å². The van der Waals surface area contributed by atoms with Gasteiger partial charge in [0.15, 0.2) is 11.5 Å². The number of piperidine rings is 1. The van der Waals surface area contributed by atoms with Crippen LogP contribution in [0.15, 0.2) is 60.9 Å². The van der Waals surface area contributed by atoms with E-state index < -0.39 is 17.3 Å². The molecule has 1 aliphatic rings. The molecule has 3 heterocycles. The summed E-state index contributed by atoms with van der Waals surface area (Å²) in [5.74, 6) is -0.737. The number of phenols is 1. The van der Waals surface area contributed by atoms with Gasteiger partial charge >= 0.3 is 0 Å². The lowest BCUT2D eigenvalue weighted by Gasteiger charge is -2.34. The van der Waals surface area contributed by atoms with E-state index in [0.29, 0.717) is 54.1 Å². The fraction of sp³-hybridized carbons (Fsp3) is 0.324. The van der Waals surface area contributed by atoms with Crippen molar-refractivity contribution >= 4 is 11.7 Å². The van der Waals surface area contributed by atoms with E-state index in [2.05, 4.69) is 16.4 Å². The van der Waals surface area contributed by atoms with Crippen molar-refractivity contribution in [1.82, 2.24) is 20.8 Å². The van der Waals surface area contributed by atoms with E-state index >= 15 is 0 Å². The number of benzene rings is 2. The molecule has 1 aliphatic heterocycles. The van der Waals surface area contributed by atoms with Gasteiger partial charge in [0.05, 0.1) is 11.2 Å². The SMILES string of the molecule is CC(C)(O)COc1ccc(-c2cnc(N3CCC(NCc4ccc(CCC(=O)NO)nc4)CC3)c(C#N)c2-c2ccc(C#N)c(F)c2)cc1O. The summed E-state index contributed by atoms with van der Waals surface area (Å²) in [4.78, 5) is 22.4. The van der Waals surface area contributed by atoms with Crippen molar-refractivity contribution in [2.24, 2.45) is 0 Å². The molecule has 0 unspecified atom stereocenters.